The Morgan fingerprint density at radius 3 is 2.52 bits per heavy atom. The highest BCUT2D eigenvalue weighted by Crippen LogP contribution is 2.12. The number of hydrogen-bond acceptors (Lipinski definition) is 7. The lowest BCUT2D eigenvalue weighted by Gasteiger charge is -2.19. The van der Waals surface area contributed by atoms with Crippen molar-refractivity contribution in [1.29, 1.82) is 0 Å². The number of anilines is 2. The van der Waals surface area contributed by atoms with Crippen molar-refractivity contribution in [3.05, 3.63) is 18.7 Å². The summed E-state index contributed by atoms with van der Waals surface area (Å²) in [5, 5.41) is 5.79. The lowest BCUT2D eigenvalue weighted by atomic mass is 10.0. The number of aromatic nitrogens is 5. The number of hydrogen-bond donors (Lipinski definition) is 3. The van der Waals surface area contributed by atoms with Crippen LogP contribution in [0.15, 0.2) is 18.7 Å². The molecule has 4 N–H and O–H groups in total. The fraction of sp³-hybridized carbons (Fsp3) is 0.417. The van der Waals surface area contributed by atoms with Gasteiger partial charge in [0.2, 0.25) is 23.8 Å². The lowest BCUT2D eigenvalue weighted by Crippen LogP contribution is -2.40. The summed E-state index contributed by atoms with van der Waals surface area (Å²) in [4.78, 5) is 28.1. The van der Waals surface area contributed by atoms with Gasteiger partial charge in [-0.2, -0.15) is 15.0 Å². The van der Waals surface area contributed by atoms with E-state index in [0.717, 1.165) is 0 Å². The summed E-state index contributed by atoms with van der Waals surface area (Å²) in [5.41, 5.74) is 5.39. The standard InChI is InChI=1S/C12H18N8O/c1-7(2)8(9(13)21)16-11-17-10(14-3)18-12(19-11)20-5-4-15-6-20/h4-8H,1-3H3,(H2,13,21)(H2,14,16,17,18,19). The molecule has 9 nitrogen and oxygen atoms in total. The number of rotatable bonds is 6. The van der Waals surface area contributed by atoms with Crippen molar-refractivity contribution in [1.82, 2.24) is 24.5 Å². The second-order valence-electron chi connectivity index (χ2n) is 4.77. The second-order valence-corrected chi connectivity index (χ2v) is 4.77. The number of nitrogens with zero attached hydrogens (tertiary/aromatic N) is 5. The minimum absolute atomic E-state index is 0.00833. The molecule has 2 aromatic heterocycles. The summed E-state index contributed by atoms with van der Waals surface area (Å²) in [6.45, 7) is 3.78. The van der Waals surface area contributed by atoms with E-state index in [1.807, 2.05) is 13.8 Å². The maximum absolute atomic E-state index is 11.5. The molecule has 9 heteroatoms. The van der Waals surface area contributed by atoms with Crippen molar-refractivity contribution in [2.45, 2.75) is 19.9 Å². The minimum Gasteiger partial charge on any atom is -0.368 e. The molecule has 1 amide bonds. The van der Waals surface area contributed by atoms with E-state index in [9.17, 15) is 4.79 Å². The van der Waals surface area contributed by atoms with E-state index in [-0.39, 0.29) is 11.9 Å². The van der Waals surface area contributed by atoms with E-state index in [2.05, 4.69) is 30.6 Å². The van der Waals surface area contributed by atoms with E-state index >= 15 is 0 Å². The summed E-state index contributed by atoms with van der Waals surface area (Å²) in [7, 11) is 1.70. The molecule has 0 aliphatic rings. The Balaban J connectivity index is 2.35. The van der Waals surface area contributed by atoms with E-state index in [1.54, 1.807) is 30.3 Å². The van der Waals surface area contributed by atoms with Gasteiger partial charge in [-0.05, 0) is 5.92 Å². The van der Waals surface area contributed by atoms with E-state index < -0.39 is 11.9 Å². The number of primary amides is 1. The molecular formula is C12H18N8O. The molecule has 0 aliphatic heterocycles. The van der Waals surface area contributed by atoms with Crippen molar-refractivity contribution in [2.24, 2.45) is 11.7 Å². The second kappa shape index (κ2) is 6.16. The summed E-state index contributed by atoms with van der Waals surface area (Å²) < 4.78 is 1.64. The number of imidazole rings is 1. The Hall–Kier alpha value is -2.71. The van der Waals surface area contributed by atoms with Gasteiger partial charge in [0.25, 0.3) is 0 Å². The van der Waals surface area contributed by atoms with Crippen molar-refractivity contribution >= 4 is 17.8 Å². The van der Waals surface area contributed by atoms with E-state index in [1.165, 1.54) is 0 Å². The summed E-state index contributed by atoms with van der Waals surface area (Å²) in [6, 6.07) is -0.562. The SMILES string of the molecule is CNc1nc(NC(C(N)=O)C(C)C)nc(-n2ccnc2)n1. The van der Waals surface area contributed by atoms with Crippen LogP contribution in [0.3, 0.4) is 0 Å². The smallest absolute Gasteiger partial charge is 0.241 e. The molecule has 0 fully saturated rings. The zero-order valence-electron chi connectivity index (χ0n) is 12.1. The highest BCUT2D eigenvalue weighted by molar-refractivity contribution is 5.82. The van der Waals surface area contributed by atoms with Crippen LogP contribution in [0.1, 0.15) is 13.8 Å². The van der Waals surface area contributed by atoms with Crippen LogP contribution >= 0.6 is 0 Å². The molecule has 1 unspecified atom stereocenters. The Labute approximate surface area is 122 Å². The Bertz CT molecular complexity index is 610. The molecule has 21 heavy (non-hydrogen) atoms. The maximum Gasteiger partial charge on any atom is 0.241 e. The van der Waals surface area contributed by atoms with Gasteiger partial charge in [-0.3, -0.25) is 9.36 Å². The van der Waals surface area contributed by atoms with Crippen LogP contribution in [-0.4, -0.2) is 43.5 Å². The van der Waals surface area contributed by atoms with Gasteiger partial charge < -0.3 is 16.4 Å². The number of carbonyl (C=O) groups excluding carboxylic acids is 1. The topological polar surface area (TPSA) is 124 Å². The van der Waals surface area contributed by atoms with Crippen LogP contribution in [0.4, 0.5) is 11.9 Å². The molecule has 1 atom stereocenters. The Kier molecular flexibility index (Phi) is 4.31. The molecular weight excluding hydrogens is 272 g/mol. The first kappa shape index (κ1) is 14.7. The average molecular weight is 290 g/mol. The highest BCUT2D eigenvalue weighted by Gasteiger charge is 2.21. The van der Waals surface area contributed by atoms with Crippen LogP contribution in [0.5, 0.6) is 0 Å². The molecule has 2 aromatic rings. The zero-order chi connectivity index (χ0) is 15.4. The summed E-state index contributed by atoms with van der Waals surface area (Å²) >= 11 is 0. The molecule has 0 spiro atoms. The molecule has 112 valence electrons. The summed E-state index contributed by atoms with van der Waals surface area (Å²) in [6.07, 6.45) is 4.91. The van der Waals surface area contributed by atoms with E-state index in [0.29, 0.717) is 11.9 Å². The van der Waals surface area contributed by atoms with Crippen molar-refractivity contribution in [3.63, 3.8) is 0 Å². The minimum atomic E-state index is -0.562. The quantitative estimate of drug-likeness (QED) is 0.685. The van der Waals surface area contributed by atoms with Gasteiger partial charge in [-0.1, -0.05) is 13.8 Å². The summed E-state index contributed by atoms with van der Waals surface area (Å²) in [5.74, 6) is 0.592. The predicted octanol–water partition coefficient (Wildman–Crippen LogP) is 0.0208. The largest absolute Gasteiger partial charge is 0.368 e. The zero-order valence-corrected chi connectivity index (χ0v) is 12.1. The van der Waals surface area contributed by atoms with Crippen LogP contribution in [0.2, 0.25) is 0 Å². The number of nitrogens with one attached hydrogen (secondary N) is 2. The van der Waals surface area contributed by atoms with Gasteiger partial charge in [-0.25, -0.2) is 4.98 Å². The van der Waals surface area contributed by atoms with Gasteiger partial charge in [0, 0.05) is 19.4 Å². The van der Waals surface area contributed by atoms with Crippen molar-refractivity contribution < 1.29 is 4.79 Å². The molecule has 0 saturated carbocycles. The number of amides is 1. The van der Waals surface area contributed by atoms with Crippen molar-refractivity contribution in [3.8, 4) is 5.95 Å². The normalized spacial score (nSPS) is 12.2. The molecule has 0 saturated heterocycles. The van der Waals surface area contributed by atoms with Crippen molar-refractivity contribution in [2.75, 3.05) is 17.7 Å². The van der Waals surface area contributed by atoms with Gasteiger partial charge in [0.05, 0.1) is 0 Å². The molecule has 0 aliphatic carbocycles. The van der Waals surface area contributed by atoms with Gasteiger partial charge in [0.15, 0.2) is 0 Å². The predicted molar refractivity (Wildman–Crippen MR) is 77.9 cm³/mol. The van der Waals surface area contributed by atoms with Crippen LogP contribution < -0.4 is 16.4 Å². The number of nitrogens with two attached hydrogens (primary N) is 1. The third-order valence-corrected chi connectivity index (χ3v) is 2.84. The highest BCUT2D eigenvalue weighted by atomic mass is 16.1. The average Bonchev–Trinajstić information content (AvgIpc) is 2.98. The van der Waals surface area contributed by atoms with Crippen LogP contribution in [-0.2, 0) is 4.79 Å². The molecule has 0 bridgehead atoms. The third-order valence-electron chi connectivity index (χ3n) is 2.84. The molecule has 2 heterocycles. The van der Waals surface area contributed by atoms with Gasteiger partial charge in [-0.15, -0.1) is 0 Å². The van der Waals surface area contributed by atoms with Crippen LogP contribution in [0, 0.1) is 5.92 Å². The lowest BCUT2D eigenvalue weighted by molar-refractivity contribution is -0.119. The Morgan fingerprint density at radius 2 is 2.00 bits per heavy atom. The molecule has 0 aromatic carbocycles. The monoisotopic (exact) mass is 290 g/mol. The molecule has 2 rings (SSSR count). The third kappa shape index (κ3) is 3.44. The van der Waals surface area contributed by atoms with E-state index in [4.69, 9.17) is 5.73 Å². The first-order valence-electron chi connectivity index (χ1n) is 6.49. The molecule has 0 radical (unpaired) electrons. The number of carbonyl (C=O) groups is 1. The maximum atomic E-state index is 11.5. The fourth-order valence-electron chi connectivity index (χ4n) is 1.74. The van der Waals surface area contributed by atoms with Crippen LogP contribution in [0.25, 0.3) is 5.95 Å². The first-order chi connectivity index (χ1) is 10.0. The fourth-order valence-corrected chi connectivity index (χ4v) is 1.74. The Morgan fingerprint density at radius 1 is 1.29 bits per heavy atom. The van der Waals surface area contributed by atoms with Gasteiger partial charge in [0.1, 0.15) is 12.4 Å². The van der Waals surface area contributed by atoms with Gasteiger partial charge >= 0.3 is 0 Å². The first-order valence-corrected chi connectivity index (χ1v) is 6.49.